The Kier molecular flexibility index (Phi) is 7.94. The van der Waals surface area contributed by atoms with Gasteiger partial charge >= 0.3 is 0 Å². The van der Waals surface area contributed by atoms with Gasteiger partial charge in [-0.25, -0.2) is 14.8 Å². The van der Waals surface area contributed by atoms with Crippen LogP contribution >= 0.6 is 15.9 Å². The Morgan fingerprint density at radius 1 is 1.00 bits per heavy atom. The Hall–Kier alpha value is -4.56. The molecule has 0 aliphatic rings. The molecule has 1 N–H and O–H groups in total. The summed E-state index contributed by atoms with van der Waals surface area (Å²) < 4.78 is 25.5. The van der Waals surface area contributed by atoms with Crippen molar-refractivity contribution in [3.8, 4) is 22.8 Å². The summed E-state index contributed by atoms with van der Waals surface area (Å²) in [5.74, 6) is 0.246. The number of ether oxygens (including phenoxy) is 2. The molecule has 0 spiro atoms. The first-order valence-corrected chi connectivity index (χ1v) is 12.8. The summed E-state index contributed by atoms with van der Waals surface area (Å²) in [5.41, 5.74) is 6.78. The van der Waals surface area contributed by atoms with Crippen molar-refractivity contribution in [2.24, 2.45) is 5.10 Å². The second kappa shape index (κ2) is 11.9. The normalized spacial score (nSPS) is 11.1. The van der Waals surface area contributed by atoms with E-state index in [-0.39, 0.29) is 18.3 Å². The van der Waals surface area contributed by atoms with Gasteiger partial charge in [0, 0.05) is 10.9 Å². The average molecular weight is 584 g/mol. The summed E-state index contributed by atoms with van der Waals surface area (Å²) in [6.07, 6.45) is 1.52. The fourth-order valence-electron chi connectivity index (χ4n) is 4.08. The molecule has 1 amide bonds. The van der Waals surface area contributed by atoms with Crippen LogP contribution in [-0.2, 0) is 6.61 Å². The molecular formula is C31H23BrFN3O3. The molecule has 4 aromatic carbocycles. The standard InChI is InChI=1S/C31H23BrFN3O3/c1-38-29-16-21(15-26(32)30(29)39-19-20-8-7-11-23(33)14-20)18-34-36-31(37)25-17-28(22-9-3-2-4-10-22)35-27-13-6-5-12-24(25)27/h2-18H,19H2,1H3,(H,36,37)/b34-18+. The number of hydrogen-bond donors (Lipinski definition) is 1. The maximum absolute atomic E-state index is 13.5. The van der Waals surface area contributed by atoms with Gasteiger partial charge in [-0.3, -0.25) is 4.79 Å². The van der Waals surface area contributed by atoms with Crippen LogP contribution in [-0.4, -0.2) is 24.2 Å². The average Bonchev–Trinajstić information content (AvgIpc) is 2.96. The molecule has 5 aromatic rings. The third kappa shape index (κ3) is 6.13. The first-order valence-electron chi connectivity index (χ1n) is 12.0. The van der Waals surface area contributed by atoms with E-state index in [4.69, 9.17) is 14.5 Å². The third-order valence-electron chi connectivity index (χ3n) is 5.93. The van der Waals surface area contributed by atoms with Gasteiger partial charge in [0.2, 0.25) is 0 Å². The highest BCUT2D eigenvalue weighted by molar-refractivity contribution is 9.10. The fraction of sp³-hybridized carbons (Fsp3) is 0.0645. The maximum Gasteiger partial charge on any atom is 0.272 e. The molecule has 6 nitrogen and oxygen atoms in total. The molecule has 8 heteroatoms. The van der Waals surface area contributed by atoms with E-state index in [0.717, 1.165) is 16.5 Å². The molecule has 0 aliphatic carbocycles. The number of para-hydroxylation sites is 1. The van der Waals surface area contributed by atoms with Crippen molar-refractivity contribution in [3.63, 3.8) is 0 Å². The van der Waals surface area contributed by atoms with Crippen molar-refractivity contribution < 1.29 is 18.7 Å². The summed E-state index contributed by atoms with van der Waals surface area (Å²) in [6, 6.07) is 28.7. The minimum Gasteiger partial charge on any atom is -0.493 e. The molecule has 0 radical (unpaired) electrons. The highest BCUT2D eigenvalue weighted by Gasteiger charge is 2.14. The first-order chi connectivity index (χ1) is 19.0. The third-order valence-corrected chi connectivity index (χ3v) is 6.52. The van der Waals surface area contributed by atoms with Crippen molar-refractivity contribution >= 4 is 39.0 Å². The van der Waals surface area contributed by atoms with E-state index < -0.39 is 0 Å². The molecular weight excluding hydrogens is 561 g/mol. The molecule has 0 aliphatic heterocycles. The number of methoxy groups -OCH3 is 1. The van der Waals surface area contributed by atoms with Gasteiger partial charge in [0.1, 0.15) is 12.4 Å². The van der Waals surface area contributed by atoms with Gasteiger partial charge in [0.15, 0.2) is 11.5 Å². The van der Waals surface area contributed by atoms with E-state index in [1.165, 1.54) is 25.5 Å². The van der Waals surface area contributed by atoms with Crippen molar-refractivity contribution in [1.29, 1.82) is 0 Å². The zero-order valence-electron chi connectivity index (χ0n) is 20.9. The number of amides is 1. The summed E-state index contributed by atoms with van der Waals surface area (Å²) in [5, 5.41) is 4.90. The number of rotatable bonds is 8. The molecule has 0 saturated carbocycles. The van der Waals surface area contributed by atoms with Crippen LogP contribution in [0.3, 0.4) is 0 Å². The van der Waals surface area contributed by atoms with E-state index in [1.54, 1.807) is 30.3 Å². The van der Waals surface area contributed by atoms with E-state index in [0.29, 0.717) is 38.4 Å². The molecule has 5 rings (SSSR count). The van der Waals surface area contributed by atoms with E-state index in [9.17, 15) is 9.18 Å². The summed E-state index contributed by atoms with van der Waals surface area (Å²) in [7, 11) is 1.53. The second-order valence-corrected chi connectivity index (χ2v) is 9.44. The number of aromatic nitrogens is 1. The fourth-order valence-corrected chi connectivity index (χ4v) is 4.66. The zero-order valence-corrected chi connectivity index (χ0v) is 22.5. The van der Waals surface area contributed by atoms with Gasteiger partial charge in [0.05, 0.1) is 34.6 Å². The van der Waals surface area contributed by atoms with E-state index in [1.807, 2.05) is 54.6 Å². The zero-order chi connectivity index (χ0) is 27.2. The Morgan fingerprint density at radius 2 is 1.79 bits per heavy atom. The maximum atomic E-state index is 13.5. The van der Waals surface area contributed by atoms with Crippen molar-refractivity contribution in [1.82, 2.24) is 10.4 Å². The highest BCUT2D eigenvalue weighted by Crippen LogP contribution is 2.37. The predicted octanol–water partition coefficient (Wildman–Crippen LogP) is 7.15. The van der Waals surface area contributed by atoms with Gasteiger partial charge in [-0.15, -0.1) is 0 Å². The molecule has 1 aromatic heterocycles. The monoisotopic (exact) mass is 583 g/mol. The number of benzene rings is 4. The second-order valence-electron chi connectivity index (χ2n) is 8.59. The first kappa shape index (κ1) is 26.1. The van der Waals surface area contributed by atoms with Crippen LogP contribution in [0.25, 0.3) is 22.2 Å². The van der Waals surface area contributed by atoms with Crippen LogP contribution in [0.5, 0.6) is 11.5 Å². The minimum absolute atomic E-state index is 0.168. The van der Waals surface area contributed by atoms with Crippen molar-refractivity contribution in [2.45, 2.75) is 6.61 Å². The summed E-state index contributed by atoms with van der Waals surface area (Å²) in [6.45, 7) is 0.168. The van der Waals surface area contributed by atoms with Crippen LogP contribution in [0.1, 0.15) is 21.5 Å². The van der Waals surface area contributed by atoms with E-state index in [2.05, 4.69) is 26.5 Å². The topological polar surface area (TPSA) is 72.8 Å². The number of nitrogens with zero attached hydrogens (tertiary/aromatic N) is 2. The van der Waals surface area contributed by atoms with Gasteiger partial charge in [0.25, 0.3) is 5.91 Å². The lowest BCUT2D eigenvalue weighted by Gasteiger charge is -2.13. The smallest absolute Gasteiger partial charge is 0.272 e. The van der Waals surface area contributed by atoms with Crippen LogP contribution < -0.4 is 14.9 Å². The lowest BCUT2D eigenvalue weighted by Crippen LogP contribution is -2.18. The lowest BCUT2D eigenvalue weighted by molar-refractivity contribution is 0.0956. The van der Waals surface area contributed by atoms with E-state index >= 15 is 0 Å². The summed E-state index contributed by atoms with van der Waals surface area (Å²) in [4.78, 5) is 17.9. The molecule has 39 heavy (non-hydrogen) atoms. The van der Waals surface area contributed by atoms with Gasteiger partial charge in [-0.05, 0) is 63.5 Å². The number of carbonyl (C=O) groups excluding carboxylic acids is 1. The van der Waals surface area contributed by atoms with Crippen LogP contribution in [0, 0.1) is 5.82 Å². The molecule has 0 saturated heterocycles. The highest BCUT2D eigenvalue weighted by atomic mass is 79.9. The largest absolute Gasteiger partial charge is 0.493 e. The number of pyridine rings is 1. The molecule has 0 atom stereocenters. The van der Waals surface area contributed by atoms with Crippen molar-refractivity contribution in [3.05, 3.63) is 124 Å². The van der Waals surface area contributed by atoms with Crippen molar-refractivity contribution in [2.75, 3.05) is 7.11 Å². The summed E-state index contributed by atoms with van der Waals surface area (Å²) >= 11 is 3.51. The van der Waals surface area contributed by atoms with Gasteiger partial charge in [-0.2, -0.15) is 5.10 Å². The number of halogens is 2. The number of hydrogen-bond acceptors (Lipinski definition) is 5. The van der Waals surface area contributed by atoms with Crippen LogP contribution in [0.2, 0.25) is 0 Å². The predicted molar refractivity (Wildman–Crippen MR) is 154 cm³/mol. The molecule has 0 fully saturated rings. The Bertz CT molecular complexity index is 1680. The SMILES string of the molecule is COc1cc(/C=N/NC(=O)c2cc(-c3ccccc3)nc3ccccc23)cc(Br)c1OCc1cccc(F)c1. The Labute approximate surface area is 233 Å². The number of nitrogens with one attached hydrogen (secondary N) is 1. The van der Waals surface area contributed by atoms with Crippen LogP contribution in [0.4, 0.5) is 4.39 Å². The molecule has 1 heterocycles. The lowest BCUT2D eigenvalue weighted by atomic mass is 10.0. The molecule has 194 valence electrons. The molecule has 0 unspecified atom stereocenters. The van der Waals surface area contributed by atoms with Gasteiger partial charge in [-0.1, -0.05) is 60.7 Å². The number of fused-ring (bicyclic) bond motifs is 1. The van der Waals surface area contributed by atoms with Crippen LogP contribution in [0.15, 0.2) is 107 Å². The number of hydrazone groups is 1. The Balaban J connectivity index is 1.35. The number of carbonyl (C=O) groups is 1. The Morgan fingerprint density at radius 3 is 2.59 bits per heavy atom. The van der Waals surface area contributed by atoms with Gasteiger partial charge < -0.3 is 9.47 Å². The minimum atomic E-state index is -0.358. The quantitative estimate of drug-likeness (QED) is 0.155. The molecule has 0 bridgehead atoms.